The quantitative estimate of drug-likeness (QED) is 0.333. The Kier molecular flexibility index (Phi) is 6.15. The molecule has 6 nitrogen and oxygen atoms in total. The summed E-state index contributed by atoms with van der Waals surface area (Å²) in [6, 6.07) is 14.7. The van der Waals surface area contributed by atoms with Gasteiger partial charge in [-0.05, 0) is 37.2 Å². The van der Waals surface area contributed by atoms with E-state index in [2.05, 4.69) is 23.7 Å². The molecule has 1 saturated heterocycles. The van der Waals surface area contributed by atoms with Gasteiger partial charge in [0.25, 0.3) is 11.7 Å². The van der Waals surface area contributed by atoms with Crippen molar-refractivity contribution in [3.05, 3.63) is 77.0 Å². The second-order valence-electron chi connectivity index (χ2n) is 8.12. The van der Waals surface area contributed by atoms with E-state index >= 15 is 0 Å². The zero-order chi connectivity index (χ0) is 22.8. The van der Waals surface area contributed by atoms with E-state index in [0.29, 0.717) is 18.7 Å². The Hall–Kier alpha value is -3.38. The predicted octanol–water partition coefficient (Wildman–Crippen LogP) is 4.24. The van der Waals surface area contributed by atoms with Crippen molar-refractivity contribution in [2.45, 2.75) is 26.8 Å². The molecule has 1 unspecified atom stereocenters. The Balaban J connectivity index is 1.86. The van der Waals surface area contributed by atoms with Gasteiger partial charge in [-0.25, -0.2) is 0 Å². The van der Waals surface area contributed by atoms with Crippen LogP contribution < -0.4 is 0 Å². The van der Waals surface area contributed by atoms with E-state index in [1.54, 1.807) is 11.1 Å². The van der Waals surface area contributed by atoms with Gasteiger partial charge >= 0.3 is 0 Å². The molecule has 1 amide bonds. The summed E-state index contributed by atoms with van der Waals surface area (Å²) in [4.78, 5) is 33.3. The Morgan fingerprint density at radius 2 is 1.75 bits per heavy atom. The molecule has 0 aliphatic carbocycles. The molecule has 2 aromatic carbocycles. The minimum Gasteiger partial charge on any atom is -0.507 e. The number of carbonyl (C=O) groups excluding carboxylic acids is 2. The van der Waals surface area contributed by atoms with Crippen molar-refractivity contribution in [1.29, 1.82) is 0 Å². The number of H-pyrrole nitrogens is 1. The van der Waals surface area contributed by atoms with Crippen LogP contribution in [0.2, 0.25) is 0 Å². The number of para-hydroxylation sites is 1. The van der Waals surface area contributed by atoms with Gasteiger partial charge in [-0.15, -0.1) is 0 Å². The molecule has 1 atom stereocenters. The van der Waals surface area contributed by atoms with Crippen LogP contribution in [-0.4, -0.2) is 57.8 Å². The molecule has 3 aromatic rings. The number of Topliss-reactive ketones (excluding diaryl/α,β-unsaturated/α-hetero) is 1. The third kappa shape index (κ3) is 3.71. The highest BCUT2D eigenvalue weighted by Gasteiger charge is 2.46. The minimum absolute atomic E-state index is 0.139. The number of ketones is 1. The minimum atomic E-state index is -0.638. The van der Waals surface area contributed by atoms with E-state index in [1.165, 1.54) is 0 Å². The molecule has 0 spiro atoms. The predicted molar refractivity (Wildman–Crippen MR) is 126 cm³/mol. The maximum Gasteiger partial charge on any atom is 0.295 e. The number of carbonyl (C=O) groups is 2. The van der Waals surface area contributed by atoms with Crippen molar-refractivity contribution in [3.8, 4) is 0 Å². The average molecular weight is 432 g/mol. The summed E-state index contributed by atoms with van der Waals surface area (Å²) in [6.07, 6.45) is 1.69. The van der Waals surface area contributed by atoms with Gasteiger partial charge in [0, 0.05) is 35.8 Å². The third-order valence-corrected chi connectivity index (χ3v) is 6.42. The van der Waals surface area contributed by atoms with Gasteiger partial charge in [0.1, 0.15) is 5.76 Å². The van der Waals surface area contributed by atoms with Gasteiger partial charge in [0.2, 0.25) is 0 Å². The van der Waals surface area contributed by atoms with E-state index in [-0.39, 0.29) is 11.3 Å². The normalized spacial score (nSPS) is 18.2. The number of aliphatic hydroxyl groups excluding tert-OH is 1. The van der Waals surface area contributed by atoms with Crippen LogP contribution in [0, 0.1) is 6.92 Å². The lowest BCUT2D eigenvalue weighted by Gasteiger charge is -2.29. The molecule has 166 valence electrons. The van der Waals surface area contributed by atoms with Crippen LogP contribution in [0.1, 0.15) is 36.6 Å². The molecule has 32 heavy (non-hydrogen) atoms. The fourth-order valence-electron chi connectivity index (χ4n) is 4.53. The second-order valence-corrected chi connectivity index (χ2v) is 8.12. The Bertz CT molecular complexity index is 1190. The Labute approximate surface area is 188 Å². The highest BCUT2D eigenvalue weighted by atomic mass is 16.3. The Morgan fingerprint density at radius 3 is 2.47 bits per heavy atom. The van der Waals surface area contributed by atoms with Crippen molar-refractivity contribution < 1.29 is 14.7 Å². The van der Waals surface area contributed by atoms with Crippen molar-refractivity contribution in [2.24, 2.45) is 0 Å². The number of nitrogens with one attached hydrogen (secondary N) is 1. The van der Waals surface area contributed by atoms with Gasteiger partial charge in [0.15, 0.2) is 0 Å². The molecule has 0 saturated carbocycles. The molecule has 2 heterocycles. The lowest BCUT2D eigenvalue weighted by atomic mass is 9.92. The molecule has 2 N–H and O–H groups in total. The van der Waals surface area contributed by atoms with E-state index in [0.717, 1.165) is 35.1 Å². The molecule has 1 fully saturated rings. The van der Waals surface area contributed by atoms with Gasteiger partial charge in [-0.1, -0.05) is 56.3 Å². The number of aryl methyl sites for hydroxylation is 1. The van der Waals surface area contributed by atoms with Crippen LogP contribution >= 0.6 is 0 Å². The first-order valence-corrected chi connectivity index (χ1v) is 11.1. The Morgan fingerprint density at radius 1 is 1.06 bits per heavy atom. The molecule has 0 bridgehead atoms. The number of aromatic amines is 1. The molecule has 1 aliphatic rings. The van der Waals surface area contributed by atoms with Crippen LogP contribution in [-0.2, 0) is 9.59 Å². The molecule has 0 radical (unpaired) electrons. The maximum absolute atomic E-state index is 13.2. The number of aromatic nitrogens is 1. The summed E-state index contributed by atoms with van der Waals surface area (Å²) in [5.74, 6) is -1.34. The van der Waals surface area contributed by atoms with Crippen LogP contribution in [0.25, 0.3) is 16.7 Å². The van der Waals surface area contributed by atoms with Crippen molar-refractivity contribution in [1.82, 2.24) is 14.8 Å². The number of likely N-dealkylation sites (tertiary alicyclic amines) is 1. The lowest BCUT2D eigenvalue weighted by molar-refractivity contribution is -0.140. The number of likely N-dealkylation sites (N-methyl/N-ethyl adjacent to an activating group) is 1. The largest absolute Gasteiger partial charge is 0.507 e. The van der Waals surface area contributed by atoms with Crippen molar-refractivity contribution in [3.63, 3.8) is 0 Å². The lowest BCUT2D eigenvalue weighted by Crippen LogP contribution is -2.38. The summed E-state index contributed by atoms with van der Waals surface area (Å²) in [6.45, 7) is 8.92. The molecular formula is C26H29N3O3. The summed E-state index contributed by atoms with van der Waals surface area (Å²) >= 11 is 0. The molecule has 1 aliphatic heterocycles. The first kappa shape index (κ1) is 21.8. The number of aliphatic hydroxyl groups is 1. The monoisotopic (exact) mass is 431 g/mol. The number of amides is 1. The molecule has 6 heteroatoms. The summed E-state index contributed by atoms with van der Waals surface area (Å²) < 4.78 is 0. The fraction of sp³-hybridized carbons (Fsp3) is 0.308. The van der Waals surface area contributed by atoms with E-state index in [4.69, 9.17) is 0 Å². The highest BCUT2D eigenvalue weighted by Crippen LogP contribution is 2.41. The molecular weight excluding hydrogens is 402 g/mol. The van der Waals surface area contributed by atoms with E-state index in [1.807, 2.05) is 55.5 Å². The van der Waals surface area contributed by atoms with Gasteiger partial charge < -0.3 is 19.9 Å². The zero-order valence-electron chi connectivity index (χ0n) is 18.8. The standard InChI is InChI=1S/C26H29N3O3/c1-4-28(5-2)14-15-29-23(18-11-7-6-10-17(18)3)22(25(31)26(29)32)24(30)20-16-27-21-13-9-8-12-19(20)21/h6-13,16,23,27,30H,4-5,14-15H2,1-3H3/b24-22+. The van der Waals surface area contributed by atoms with Gasteiger partial charge in [-0.2, -0.15) is 0 Å². The first-order valence-electron chi connectivity index (χ1n) is 11.1. The topological polar surface area (TPSA) is 76.6 Å². The first-order chi connectivity index (χ1) is 15.5. The second kappa shape index (κ2) is 9.01. The van der Waals surface area contributed by atoms with Gasteiger partial charge in [-0.3, -0.25) is 9.59 Å². The smallest absolute Gasteiger partial charge is 0.295 e. The number of benzene rings is 2. The number of nitrogens with zero attached hydrogens (tertiary/aromatic N) is 2. The van der Waals surface area contributed by atoms with Crippen molar-refractivity contribution in [2.75, 3.05) is 26.2 Å². The van der Waals surface area contributed by atoms with E-state index < -0.39 is 17.7 Å². The number of rotatable bonds is 7. The van der Waals surface area contributed by atoms with Gasteiger partial charge in [0.05, 0.1) is 11.6 Å². The average Bonchev–Trinajstić information content (AvgIpc) is 3.34. The summed E-state index contributed by atoms with van der Waals surface area (Å²) in [7, 11) is 0. The van der Waals surface area contributed by atoms with Crippen molar-refractivity contribution >= 4 is 28.4 Å². The molecule has 1 aromatic heterocycles. The third-order valence-electron chi connectivity index (χ3n) is 6.42. The highest BCUT2D eigenvalue weighted by molar-refractivity contribution is 6.46. The van der Waals surface area contributed by atoms with E-state index in [9.17, 15) is 14.7 Å². The van der Waals surface area contributed by atoms with Crippen LogP contribution in [0.15, 0.2) is 60.3 Å². The molecule has 4 rings (SSSR count). The fourth-order valence-corrected chi connectivity index (χ4v) is 4.53. The van der Waals surface area contributed by atoms with Crippen LogP contribution in [0.4, 0.5) is 0 Å². The number of hydrogen-bond acceptors (Lipinski definition) is 4. The van der Waals surface area contributed by atoms with Crippen LogP contribution in [0.3, 0.4) is 0 Å². The number of hydrogen-bond donors (Lipinski definition) is 2. The SMILES string of the molecule is CCN(CC)CCN1C(=O)C(=O)/C(=C(/O)c2c[nH]c3ccccc23)C1c1ccccc1C. The maximum atomic E-state index is 13.2. The summed E-state index contributed by atoms with van der Waals surface area (Å²) in [5, 5.41) is 12.2. The van der Waals surface area contributed by atoms with Crippen LogP contribution in [0.5, 0.6) is 0 Å². The number of fused-ring (bicyclic) bond motifs is 1. The zero-order valence-corrected chi connectivity index (χ0v) is 18.8. The summed E-state index contributed by atoms with van der Waals surface area (Å²) in [5.41, 5.74) is 3.36.